The zero-order valence-corrected chi connectivity index (χ0v) is 14.5. The summed E-state index contributed by atoms with van der Waals surface area (Å²) < 4.78 is 1.16. The van der Waals surface area contributed by atoms with Gasteiger partial charge in [-0.1, -0.05) is 41.9 Å². The molecule has 2 N–H and O–H groups in total. The first-order valence-corrected chi connectivity index (χ1v) is 8.47. The maximum atomic E-state index is 12.6. The van der Waals surface area contributed by atoms with Crippen LogP contribution in [0.4, 0.5) is 0 Å². The number of nitrogens with one attached hydrogen (secondary N) is 2. The molecule has 0 bridgehead atoms. The maximum Gasteiger partial charge on any atom is 0.291 e. The van der Waals surface area contributed by atoms with Gasteiger partial charge in [-0.2, -0.15) is 5.10 Å². The summed E-state index contributed by atoms with van der Waals surface area (Å²) in [5, 5.41) is 9.21. The van der Waals surface area contributed by atoms with Gasteiger partial charge in [-0.3, -0.25) is 9.59 Å². The molecule has 0 radical (unpaired) electrons. The maximum absolute atomic E-state index is 12.6. The van der Waals surface area contributed by atoms with Gasteiger partial charge in [-0.25, -0.2) is 4.68 Å². The first-order chi connectivity index (χ1) is 12.6. The summed E-state index contributed by atoms with van der Waals surface area (Å²) >= 11 is 5.93. The number of amides is 1. The number of halogens is 1. The molecule has 6 nitrogen and oxygen atoms in total. The van der Waals surface area contributed by atoms with Crippen LogP contribution in [0.15, 0.2) is 59.5 Å². The number of fused-ring (bicyclic) bond motifs is 3. The molecule has 0 saturated heterocycles. The highest BCUT2D eigenvalue weighted by atomic mass is 35.5. The van der Waals surface area contributed by atoms with Gasteiger partial charge in [-0.05, 0) is 23.8 Å². The van der Waals surface area contributed by atoms with Gasteiger partial charge >= 0.3 is 0 Å². The molecule has 130 valence electrons. The van der Waals surface area contributed by atoms with Crippen LogP contribution in [0.1, 0.15) is 5.56 Å². The van der Waals surface area contributed by atoms with Crippen molar-refractivity contribution in [3.8, 4) is 0 Å². The van der Waals surface area contributed by atoms with E-state index in [4.69, 9.17) is 11.6 Å². The summed E-state index contributed by atoms with van der Waals surface area (Å²) in [7, 11) is 0. The normalized spacial score (nSPS) is 11.1. The Balaban J connectivity index is 1.55. The molecule has 2 aromatic carbocycles. The number of H-pyrrole nitrogens is 1. The lowest BCUT2D eigenvalue weighted by atomic mass is 10.2. The average molecular weight is 367 g/mol. The number of rotatable bonds is 4. The van der Waals surface area contributed by atoms with Crippen LogP contribution in [-0.2, 0) is 17.9 Å². The summed E-state index contributed by atoms with van der Waals surface area (Å²) in [6.07, 6.45) is 1.61. The summed E-state index contributed by atoms with van der Waals surface area (Å²) in [6, 6.07) is 14.9. The molecule has 2 heterocycles. The van der Waals surface area contributed by atoms with Crippen LogP contribution < -0.4 is 10.9 Å². The highest BCUT2D eigenvalue weighted by Crippen LogP contribution is 2.21. The Morgan fingerprint density at radius 1 is 1.15 bits per heavy atom. The average Bonchev–Trinajstić information content (AvgIpc) is 3.02. The fourth-order valence-corrected chi connectivity index (χ4v) is 3.14. The minimum atomic E-state index is -0.323. The van der Waals surface area contributed by atoms with E-state index in [-0.39, 0.29) is 18.0 Å². The lowest BCUT2D eigenvalue weighted by molar-refractivity contribution is -0.122. The lowest BCUT2D eigenvalue weighted by Gasteiger charge is -2.07. The van der Waals surface area contributed by atoms with E-state index in [1.54, 1.807) is 18.3 Å². The molecule has 4 rings (SSSR count). The van der Waals surface area contributed by atoms with Crippen molar-refractivity contribution in [2.75, 3.05) is 0 Å². The molecule has 0 aliphatic carbocycles. The van der Waals surface area contributed by atoms with Crippen molar-refractivity contribution in [3.05, 3.63) is 75.7 Å². The van der Waals surface area contributed by atoms with Crippen molar-refractivity contribution in [1.29, 1.82) is 0 Å². The molecule has 4 aromatic rings. The van der Waals surface area contributed by atoms with E-state index in [0.717, 1.165) is 26.5 Å². The summed E-state index contributed by atoms with van der Waals surface area (Å²) in [6.45, 7) is 0.188. The Hall–Kier alpha value is -3.12. The molecule has 0 aliphatic rings. The third-order valence-electron chi connectivity index (χ3n) is 4.19. The van der Waals surface area contributed by atoms with Gasteiger partial charge in [0.15, 0.2) is 0 Å². The Kier molecular flexibility index (Phi) is 4.18. The molecule has 7 heteroatoms. The van der Waals surface area contributed by atoms with Crippen molar-refractivity contribution in [2.24, 2.45) is 0 Å². The van der Waals surface area contributed by atoms with Gasteiger partial charge in [0.25, 0.3) is 5.56 Å². The fourth-order valence-electron chi connectivity index (χ4n) is 2.93. The molecule has 0 atom stereocenters. The van der Waals surface area contributed by atoms with Gasteiger partial charge in [0, 0.05) is 27.9 Å². The molecule has 0 unspecified atom stereocenters. The lowest BCUT2D eigenvalue weighted by Crippen LogP contribution is -2.33. The quantitative estimate of drug-likeness (QED) is 0.583. The molecule has 0 aliphatic heterocycles. The molecule has 1 amide bonds. The van der Waals surface area contributed by atoms with Crippen molar-refractivity contribution >= 4 is 39.3 Å². The van der Waals surface area contributed by atoms with E-state index in [1.807, 2.05) is 36.4 Å². The molecule has 0 saturated carbocycles. The number of benzene rings is 2. The number of carbonyl (C=O) groups is 1. The molecule has 0 fully saturated rings. The van der Waals surface area contributed by atoms with Crippen LogP contribution in [0.3, 0.4) is 0 Å². The topological polar surface area (TPSA) is 79.8 Å². The van der Waals surface area contributed by atoms with Crippen molar-refractivity contribution < 1.29 is 4.79 Å². The van der Waals surface area contributed by atoms with Gasteiger partial charge in [0.05, 0.1) is 6.20 Å². The largest absolute Gasteiger partial charge is 0.350 e. The van der Waals surface area contributed by atoms with Crippen LogP contribution in [-0.4, -0.2) is 20.7 Å². The Labute approximate surface area is 153 Å². The van der Waals surface area contributed by atoms with E-state index in [2.05, 4.69) is 15.4 Å². The van der Waals surface area contributed by atoms with Crippen LogP contribution in [0.5, 0.6) is 0 Å². The molecule has 26 heavy (non-hydrogen) atoms. The number of carbonyl (C=O) groups excluding carboxylic acids is 1. The molecular weight excluding hydrogens is 352 g/mol. The Morgan fingerprint density at radius 2 is 2.00 bits per heavy atom. The van der Waals surface area contributed by atoms with Crippen molar-refractivity contribution in [2.45, 2.75) is 13.1 Å². The predicted molar refractivity (Wildman–Crippen MR) is 101 cm³/mol. The second-order valence-electron chi connectivity index (χ2n) is 5.97. The number of hydrogen-bond acceptors (Lipinski definition) is 3. The Morgan fingerprint density at radius 3 is 2.85 bits per heavy atom. The zero-order chi connectivity index (χ0) is 18.1. The predicted octanol–water partition coefficient (Wildman–Crippen LogP) is 2.85. The van der Waals surface area contributed by atoms with E-state index < -0.39 is 0 Å². The van der Waals surface area contributed by atoms with Crippen molar-refractivity contribution in [1.82, 2.24) is 20.1 Å². The zero-order valence-electron chi connectivity index (χ0n) is 13.7. The number of aromatic amines is 1. The minimum Gasteiger partial charge on any atom is -0.350 e. The molecule has 0 spiro atoms. The highest BCUT2D eigenvalue weighted by Gasteiger charge is 2.12. The number of para-hydroxylation sites is 1. The van der Waals surface area contributed by atoms with Crippen LogP contribution >= 0.6 is 11.6 Å². The summed E-state index contributed by atoms with van der Waals surface area (Å²) in [4.78, 5) is 27.9. The fraction of sp³-hybridized carbons (Fsp3) is 0.105. The first kappa shape index (κ1) is 16.4. The second kappa shape index (κ2) is 6.65. The van der Waals surface area contributed by atoms with Crippen molar-refractivity contribution in [3.63, 3.8) is 0 Å². The Bertz CT molecular complexity index is 1180. The van der Waals surface area contributed by atoms with Crippen LogP contribution in [0, 0.1) is 0 Å². The SMILES string of the molecule is O=C(Cn1ncc2c([nH]c3ccccc32)c1=O)NCc1cccc(Cl)c1. The third-order valence-corrected chi connectivity index (χ3v) is 4.43. The molecule has 2 aromatic heterocycles. The third kappa shape index (κ3) is 3.07. The monoisotopic (exact) mass is 366 g/mol. The number of aromatic nitrogens is 3. The van der Waals surface area contributed by atoms with E-state index >= 15 is 0 Å². The highest BCUT2D eigenvalue weighted by molar-refractivity contribution is 6.30. The van der Waals surface area contributed by atoms with E-state index in [1.165, 1.54) is 0 Å². The van der Waals surface area contributed by atoms with E-state index in [9.17, 15) is 9.59 Å². The van der Waals surface area contributed by atoms with Gasteiger partial charge in [0.2, 0.25) is 5.91 Å². The number of nitrogens with zero attached hydrogens (tertiary/aromatic N) is 2. The number of hydrogen-bond donors (Lipinski definition) is 2. The van der Waals surface area contributed by atoms with Gasteiger partial charge < -0.3 is 10.3 Å². The second-order valence-corrected chi connectivity index (χ2v) is 6.41. The van der Waals surface area contributed by atoms with E-state index in [0.29, 0.717) is 17.1 Å². The first-order valence-electron chi connectivity index (χ1n) is 8.09. The molecular formula is C19H15ClN4O2. The van der Waals surface area contributed by atoms with Gasteiger partial charge in [-0.15, -0.1) is 0 Å². The minimum absolute atomic E-state index is 0.148. The standard InChI is InChI=1S/C19H15ClN4O2/c20-13-5-3-4-12(8-13)9-21-17(25)11-24-19(26)18-15(10-22-24)14-6-1-2-7-16(14)23-18/h1-8,10,23H,9,11H2,(H,21,25). The van der Waals surface area contributed by atoms with Crippen LogP contribution in [0.25, 0.3) is 21.8 Å². The smallest absolute Gasteiger partial charge is 0.291 e. The summed E-state index contributed by atoms with van der Waals surface area (Å²) in [5.74, 6) is -0.296. The van der Waals surface area contributed by atoms with Gasteiger partial charge in [0.1, 0.15) is 12.1 Å². The summed E-state index contributed by atoms with van der Waals surface area (Å²) in [5.41, 5.74) is 1.88. The van der Waals surface area contributed by atoms with Crippen LogP contribution in [0.2, 0.25) is 5.02 Å².